The first-order valence-corrected chi connectivity index (χ1v) is 6.35. The second-order valence-corrected chi connectivity index (χ2v) is 5.19. The third kappa shape index (κ3) is 1.98. The summed E-state index contributed by atoms with van der Waals surface area (Å²) in [6, 6.07) is 5.48. The second kappa shape index (κ2) is 4.12. The maximum atomic E-state index is 11.0. The Morgan fingerprint density at radius 2 is 2.33 bits per heavy atom. The van der Waals surface area contributed by atoms with Gasteiger partial charge in [0.2, 0.25) is 0 Å². The van der Waals surface area contributed by atoms with Crippen molar-refractivity contribution < 1.29 is 9.90 Å². The SMILES string of the molecule is CC(CC1CC1)n1cnc2ccc(C(=O)O)cc21. The summed E-state index contributed by atoms with van der Waals surface area (Å²) >= 11 is 0. The zero-order chi connectivity index (χ0) is 12.7. The molecule has 4 nitrogen and oxygen atoms in total. The number of carbonyl (C=O) groups is 1. The van der Waals surface area contributed by atoms with E-state index in [2.05, 4.69) is 16.5 Å². The lowest BCUT2D eigenvalue weighted by Gasteiger charge is -2.13. The van der Waals surface area contributed by atoms with Crippen LogP contribution in [0, 0.1) is 5.92 Å². The smallest absolute Gasteiger partial charge is 0.335 e. The Hall–Kier alpha value is -1.84. The molecule has 1 aromatic carbocycles. The van der Waals surface area contributed by atoms with Crippen LogP contribution in [0.25, 0.3) is 11.0 Å². The first-order chi connectivity index (χ1) is 8.65. The molecule has 1 N–H and O–H groups in total. The minimum absolute atomic E-state index is 0.322. The molecule has 0 aliphatic heterocycles. The van der Waals surface area contributed by atoms with Gasteiger partial charge in [0, 0.05) is 6.04 Å². The van der Waals surface area contributed by atoms with Crippen molar-refractivity contribution in [3.8, 4) is 0 Å². The fourth-order valence-corrected chi connectivity index (χ4v) is 2.46. The molecule has 0 saturated heterocycles. The Bertz CT molecular complexity index is 599. The van der Waals surface area contributed by atoms with E-state index < -0.39 is 5.97 Å². The van der Waals surface area contributed by atoms with Crippen molar-refractivity contribution in [1.82, 2.24) is 9.55 Å². The highest BCUT2D eigenvalue weighted by Gasteiger charge is 2.24. The average Bonchev–Trinajstić information content (AvgIpc) is 3.05. The van der Waals surface area contributed by atoms with Crippen molar-refractivity contribution in [1.29, 1.82) is 0 Å². The molecule has 1 saturated carbocycles. The summed E-state index contributed by atoms with van der Waals surface area (Å²) in [6.07, 6.45) is 5.64. The average molecular weight is 244 g/mol. The molecule has 1 atom stereocenters. The standard InChI is InChI=1S/C14H16N2O2/c1-9(6-10-2-3-10)16-8-15-12-5-4-11(14(17)18)7-13(12)16/h4-5,7-10H,2-3,6H2,1H3,(H,17,18). The molecule has 0 radical (unpaired) electrons. The van der Waals surface area contributed by atoms with E-state index >= 15 is 0 Å². The second-order valence-electron chi connectivity index (χ2n) is 5.19. The van der Waals surface area contributed by atoms with Gasteiger partial charge in [-0.25, -0.2) is 9.78 Å². The lowest BCUT2D eigenvalue weighted by atomic mass is 10.1. The number of carboxylic acids is 1. The third-order valence-corrected chi connectivity index (χ3v) is 3.67. The molecule has 1 aliphatic rings. The van der Waals surface area contributed by atoms with Gasteiger partial charge in [0.15, 0.2) is 0 Å². The molecule has 0 amide bonds. The van der Waals surface area contributed by atoms with Crippen LogP contribution in [0.2, 0.25) is 0 Å². The fraction of sp³-hybridized carbons (Fsp3) is 0.429. The van der Waals surface area contributed by atoms with Crippen LogP contribution in [-0.2, 0) is 0 Å². The number of hydrogen-bond acceptors (Lipinski definition) is 2. The molecule has 1 aromatic heterocycles. The van der Waals surface area contributed by atoms with Crippen molar-refractivity contribution in [2.75, 3.05) is 0 Å². The molecule has 1 heterocycles. The largest absolute Gasteiger partial charge is 0.478 e. The normalized spacial score (nSPS) is 16.9. The Labute approximate surface area is 105 Å². The van der Waals surface area contributed by atoms with Gasteiger partial charge in [-0.3, -0.25) is 0 Å². The predicted octanol–water partition coefficient (Wildman–Crippen LogP) is 3.10. The number of rotatable bonds is 4. The molecule has 1 aliphatic carbocycles. The summed E-state index contributed by atoms with van der Waals surface area (Å²) < 4.78 is 2.10. The Kier molecular flexibility index (Phi) is 2.58. The Morgan fingerprint density at radius 3 is 3.00 bits per heavy atom. The van der Waals surface area contributed by atoms with Gasteiger partial charge >= 0.3 is 5.97 Å². The monoisotopic (exact) mass is 244 g/mol. The van der Waals surface area contributed by atoms with E-state index in [9.17, 15) is 4.79 Å². The van der Waals surface area contributed by atoms with Crippen LogP contribution in [0.15, 0.2) is 24.5 Å². The number of aromatic nitrogens is 2. The van der Waals surface area contributed by atoms with Gasteiger partial charge in [0.05, 0.1) is 22.9 Å². The van der Waals surface area contributed by atoms with Crippen molar-refractivity contribution in [2.45, 2.75) is 32.2 Å². The van der Waals surface area contributed by atoms with Crippen molar-refractivity contribution in [2.24, 2.45) is 5.92 Å². The third-order valence-electron chi connectivity index (χ3n) is 3.67. The van der Waals surface area contributed by atoms with E-state index in [1.807, 2.05) is 6.33 Å². The number of imidazole rings is 1. The number of benzene rings is 1. The molecule has 94 valence electrons. The number of carboxylic acid groups (broad SMARTS) is 1. The zero-order valence-electron chi connectivity index (χ0n) is 10.3. The van der Waals surface area contributed by atoms with E-state index in [0.717, 1.165) is 23.4 Å². The fourth-order valence-electron chi connectivity index (χ4n) is 2.46. The van der Waals surface area contributed by atoms with Crippen LogP contribution in [0.1, 0.15) is 42.6 Å². The topological polar surface area (TPSA) is 55.1 Å². The molecule has 0 spiro atoms. The summed E-state index contributed by atoms with van der Waals surface area (Å²) in [5.74, 6) is -0.0420. The molecule has 4 heteroatoms. The van der Waals surface area contributed by atoms with Crippen LogP contribution < -0.4 is 0 Å². The molecule has 1 unspecified atom stereocenters. The van der Waals surface area contributed by atoms with Crippen LogP contribution in [-0.4, -0.2) is 20.6 Å². The molecule has 3 rings (SSSR count). The van der Waals surface area contributed by atoms with Crippen LogP contribution in [0.5, 0.6) is 0 Å². The Morgan fingerprint density at radius 1 is 1.56 bits per heavy atom. The van der Waals surface area contributed by atoms with Crippen LogP contribution >= 0.6 is 0 Å². The van der Waals surface area contributed by atoms with Gasteiger partial charge in [-0.2, -0.15) is 0 Å². The van der Waals surface area contributed by atoms with Gasteiger partial charge in [0.25, 0.3) is 0 Å². The number of nitrogens with zero attached hydrogens (tertiary/aromatic N) is 2. The minimum atomic E-state index is -0.889. The zero-order valence-corrected chi connectivity index (χ0v) is 10.3. The van der Waals surface area contributed by atoms with Gasteiger partial charge in [0.1, 0.15) is 0 Å². The highest BCUT2D eigenvalue weighted by Crippen LogP contribution is 2.37. The molecule has 2 aromatic rings. The van der Waals surface area contributed by atoms with Gasteiger partial charge in [-0.05, 0) is 37.5 Å². The lowest BCUT2D eigenvalue weighted by molar-refractivity contribution is 0.0697. The Balaban J connectivity index is 1.99. The molecule has 0 bridgehead atoms. The number of hydrogen-bond donors (Lipinski definition) is 1. The van der Waals surface area contributed by atoms with Crippen LogP contribution in [0.4, 0.5) is 0 Å². The minimum Gasteiger partial charge on any atom is -0.478 e. The molecule has 1 fully saturated rings. The van der Waals surface area contributed by atoms with E-state index in [-0.39, 0.29) is 0 Å². The molecular weight excluding hydrogens is 228 g/mol. The maximum Gasteiger partial charge on any atom is 0.335 e. The van der Waals surface area contributed by atoms with Crippen molar-refractivity contribution in [3.05, 3.63) is 30.1 Å². The molecular formula is C14H16N2O2. The van der Waals surface area contributed by atoms with Crippen LogP contribution in [0.3, 0.4) is 0 Å². The summed E-state index contributed by atoms with van der Waals surface area (Å²) in [5.41, 5.74) is 2.11. The maximum absolute atomic E-state index is 11.0. The highest BCUT2D eigenvalue weighted by molar-refractivity contribution is 5.92. The van der Waals surface area contributed by atoms with Gasteiger partial charge in [-0.15, -0.1) is 0 Å². The molecule has 18 heavy (non-hydrogen) atoms. The summed E-state index contributed by atoms with van der Waals surface area (Å²) in [6.45, 7) is 2.17. The van der Waals surface area contributed by atoms with Crippen molar-refractivity contribution >= 4 is 17.0 Å². The highest BCUT2D eigenvalue weighted by atomic mass is 16.4. The van der Waals surface area contributed by atoms with Gasteiger partial charge < -0.3 is 9.67 Å². The first-order valence-electron chi connectivity index (χ1n) is 6.35. The van der Waals surface area contributed by atoms with E-state index in [1.165, 1.54) is 12.8 Å². The van der Waals surface area contributed by atoms with E-state index in [4.69, 9.17) is 5.11 Å². The van der Waals surface area contributed by atoms with Gasteiger partial charge in [-0.1, -0.05) is 12.8 Å². The first kappa shape index (κ1) is 11.3. The van der Waals surface area contributed by atoms with E-state index in [0.29, 0.717) is 11.6 Å². The predicted molar refractivity (Wildman–Crippen MR) is 68.7 cm³/mol. The summed E-state index contributed by atoms with van der Waals surface area (Å²) in [4.78, 5) is 15.3. The summed E-state index contributed by atoms with van der Waals surface area (Å²) in [7, 11) is 0. The lowest BCUT2D eigenvalue weighted by Crippen LogP contribution is -2.05. The van der Waals surface area contributed by atoms with Crippen molar-refractivity contribution in [3.63, 3.8) is 0 Å². The summed E-state index contributed by atoms with van der Waals surface area (Å²) in [5, 5.41) is 9.04. The quantitative estimate of drug-likeness (QED) is 0.899. The number of aromatic carboxylic acids is 1. The van der Waals surface area contributed by atoms with E-state index in [1.54, 1.807) is 18.2 Å². The number of fused-ring (bicyclic) bond motifs is 1.